The van der Waals surface area contributed by atoms with Gasteiger partial charge < -0.3 is 33.7 Å². The molecule has 2 aliphatic heterocycles. The van der Waals surface area contributed by atoms with Crippen LogP contribution in [0.3, 0.4) is 0 Å². The Labute approximate surface area is 355 Å². The van der Waals surface area contributed by atoms with Gasteiger partial charge >= 0.3 is 12.1 Å². The summed E-state index contributed by atoms with van der Waals surface area (Å²) in [5.74, 6) is 4.43. The summed E-state index contributed by atoms with van der Waals surface area (Å²) in [6.45, 7) is 18.6. The number of fused-ring (bicyclic) bond motifs is 4. The summed E-state index contributed by atoms with van der Waals surface area (Å²) in [5, 5.41) is 6.80. The number of aryl methyl sites for hydroxylation is 1. The number of carbonyl (C=O) groups excluding carboxylic acids is 3. The number of nitrogens with one attached hydrogen (secondary N) is 1. The van der Waals surface area contributed by atoms with Gasteiger partial charge in [-0.25, -0.2) is 20.0 Å². The number of hydrogen-bond donors (Lipinski definition) is 2. The van der Waals surface area contributed by atoms with Crippen molar-refractivity contribution in [2.75, 3.05) is 51.5 Å². The number of ether oxygens (including phenoxy) is 4. The molecule has 5 heterocycles. The predicted molar refractivity (Wildman–Crippen MR) is 230 cm³/mol. The highest BCUT2D eigenvalue weighted by atomic mass is 32.1. The summed E-state index contributed by atoms with van der Waals surface area (Å²) in [5.41, 5.74) is 4.42. The standard InChI is InChI=1S/C44H60FN7O7S/c1-10-51-36-20-33(45)30-19-29(36)32(39(51)31-18-28(50-14-16-57-17-15-50)23-47-38(31)27(3)56-9)22-44(7,8)25-58-41(54)26(2)12-11-13-52(46)40(53)34(21-37-48-35(30)24-60-37)49-42(55)59-43(4,5)6/h18-20,23-24,26-27,34H,10-17,21-22,25,46H2,1-9H3,(H,49,55)/t26-,27-,34-/m0/s1. The summed E-state index contributed by atoms with van der Waals surface area (Å²) >= 11 is 1.26. The third-order valence-electron chi connectivity index (χ3n) is 11.0. The molecular formula is C44H60FN7O7S. The predicted octanol–water partition coefficient (Wildman–Crippen LogP) is 7.21. The van der Waals surface area contributed by atoms with Crippen LogP contribution in [-0.2, 0) is 47.9 Å². The molecule has 0 aliphatic carbocycles. The smallest absolute Gasteiger partial charge is 0.408 e. The zero-order chi connectivity index (χ0) is 43.5. The molecule has 6 rings (SSSR count). The Kier molecular flexibility index (Phi) is 13.9. The zero-order valence-electron chi connectivity index (χ0n) is 36.4. The summed E-state index contributed by atoms with van der Waals surface area (Å²) in [7, 11) is 1.66. The van der Waals surface area contributed by atoms with Crippen LogP contribution >= 0.6 is 11.3 Å². The van der Waals surface area contributed by atoms with Crippen LogP contribution in [0.5, 0.6) is 0 Å². The number of anilines is 1. The first-order valence-corrected chi connectivity index (χ1v) is 21.6. The number of nitrogens with two attached hydrogens (primary N) is 1. The minimum Gasteiger partial charge on any atom is -0.465 e. The van der Waals surface area contributed by atoms with Crippen LogP contribution in [0.15, 0.2) is 29.8 Å². The van der Waals surface area contributed by atoms with Crippen molar-refractivity contribution in [2.24, 2.45) is 17.2 Å². The van der Waals surface area contributed by atoms with Crippen LogP contribution in [0.1, 0.15) is 90.6 Å². The normalized spacial score (nSPS) is 20.2. The lowest BCUT2D eigenvalue weighted by Crippen LogP contribution is -2.53. The van der Waals surface area contributed by atoms with Crippen molar-refractivity contribution in [1.29, 1.82) is 0 Å². The molecule has 0 saturated carbocycles. The number of aromatic nitrogens is 3. The van der Waals surface area contributed by atoms with E-state index >= 15 is 4.39 Å². The lowest BCUT2D eigenvalue weighted by molar-refractivity contribution is -0.151. The second-order valence-corrected chi connectivity index (χ2v) is 18.5. The Morgan fingerprint density at radius 3 is 2.57 bits per heavy atom. The maximum Gasteiger partial charge on any atom is 0.408 e. The number of alkyl carbamates (subject to hydrolysis) is 1. The first-order chi connectivity index (χ1) is 28.4. The minimum atomic E-state index is -1.12. The number of rotatable bonds is 6. The van der Waals surface area contributed by atoms with Crippen molar-refractivity contribution in [2.45, 2.75) is 105 Å². The van der Waals surface area contributed by atoms with E-state index in [2.05, 4.69) is 34.7 Å². The summed E-state index contributed by atoms with van der Waals surface area (Å²) in [6.07, 6.45) is 2.06. The lowest BCUT2D eigenvalue weighted by atomic mass is 9.84. The van der Waals surface area contributed by atoms with Gasteiger partial charge in [0.1, 0.15) is 17.5 Å². The quantitative estimate of drug-likeness (QED) is 0.115. The molecule has 2 aliphatic rings. The first-order valence-electron chi connectivity index (χ1n) is 20.8. The van der Waals surface area contributed by atoms with E-state index in [1.165, 1.54) is 11.3 Å². The van der Waals surface area contributed by atoms with Gasteiger partial charge in [0.15, 0.2) is 0 Å². The van der Waals surface area contributed by atoms with E-state index in [-0.39, 0.29) is 37.2 Å². The van der Waals surface area contributed by atoms with Gasteiger partial charge in [0.25, 0.3) is 5.91 Å². The van der Waals surface area contributed by atoms with Gasteiger partial charge in [0.2, 0.25) is 0 Å². The number of methoxy groups -OCH3 is 1. The van der Waals surface area contributed by atoms with E-state index in [0.29, 0.717) is 55.2 Å². The van der Waals surface area contributed by atoms with Gasteiger partial charge in [-0.2, -0.15) is 0 Å². The van der Waals surface area contributed by atoms with Crippen molar-refractivity contribution >= 4 is 45.9 Å². The number of hydrazine groups is 1. The number of carbonyl (C=O) groups is 3. The van der Waals surface area contributed by atoms with E-state index in [9.17, 15) is 14.4 Å². The van der Waals surface area contributed by atoms with Crippen LogP contribution in [0, 0.1) is 17.2 Å². The summed E-state index contributed by atoms with van der Waals surface area (Å²) in [4.78, 5) is 52.2. The minimum absolute atomic E-state index is 0.00816. The van der Waals surface area contributed by atoms with Crippen molar-refractivity contribution in [3.05, 3.63) is 51.9 Å². The molecule has 1 fully saturated rings. The molecule has 3 aromatic heterocycles. The number of amides is 2. The number of nitrogens with zero attached hydrogens (tertiary/aromatic N) is 5. The fraction of sp³-hybridized carbons (Fsp3) is 0.568. The number of hydrogen-bond acceptors (Lipinski definition) is 12. The third-order valence-corrected chi connectivity index (χ3v) is 11.9. The fourth-order valence-electron chi connectivity index (χ4n) is 7.82. The molecule has 0 spiro atoms. The van der Waals surface area contributed by atoms with Crippen molar-refractivity contribution in [3.8, 4) is 22.5 Å². The van der Waals surface area contributed by atoms with Crippen LogP contribution in [0.2, 0.25) is 0 Å². The van der Waals surface area contributed by atoms with Gasteiger partial charge in [-0.15, -0.1) is 11.3 Å². The highest BCUT2D eigenvalue weighted by Crippen LogP contribution is 2.43. The molecule has 1 aromatic carbocycles. The summed E-state index contributed by atoms with van der Waals surface area (Å²) < 4.78 is 41.8. The van der Waals surface area contributed by atoms with Gasteiger partial charge in [-0.1, -0.05) is 20.8 Å². The van der Waals surface area contributed by atoms with Crippen molar-refractivity contribution < 1.29 is 37.7 Å². The average molecular weight is 850 g/mol. The molecule has 14 nitrogen and oxygen atoms in total. The molecular weight excluding hydrogens is 790 g/mol. The van der Waals surface area contributed by atoms with E-state index in [4.69, 9.17) is 34.8 Å². The molecule has 0 unspecified atom stereocenters. The molecule has 60 heavy (non-hydrogen) atoms. The second-order valence-electron chi connectivity index (χ2n) is 17.6. The van der Waals surface area contributed by atoms with E-state index in [1.54, 1.807) is 46.3 Å². The van der Waals surface area contributed by atoms with Crippen LogP contribution in [-0.4, -0.2) is 95.7 Å². The van der Waals surface area contributed by atoms with Gasteiger partial charge in [-0.3, -0.25) is 19.6 Å². The van der Waals surface area contributed by atoms with Crippen LogP contribution < -0.4 is 16.1 Å². The Bertz CT molecular complexity index is 2190. The number of halogens is 1. The highest BCUT2D eigenvalue weighted by molar-refractivity contribution is 7.10. The van der Waals surface area contributed by atoms with Crippen molar-refractivity contribution in [3.63, 3.8) is 0 Å². The van der Waals surface area contributed by atoms with Gasteiger partial charge in [0, 0.05) is 67.0 Å². The van der Waals surface area contributed by atoms with E-state index < -0.39 is 40.8 Å². The number of pyridine rings is 1. The van der Waals surface area contributed by atoms with Gasteiger partial charge in [0.05, 0.1) is 71.3 Å². The maximum atomic E-state index is 16.6. The largest absolute Gasteiger partial charge is 0.465 e. The fourth-order valence-corrected chi connectivity index (χ4v) is 8.66. The Morgan fingerprint density at radius 1 is 1.15 bits per heavy atom. The van der Waals surface area contributed by atoms with Crippen molar-refractivity contribution in [1.82, 2.24) is 24.9 Å². The van der Waals surface area contributed by atoms with Crippen LogP contribution in [0.4, 0.5) is 14.9 Å². The Hall–Kier alpha value is -4.64. The van der Waals surface area contributed by atoms with Gasteiger partial charge in [-0.05, 0) is 77.6 Å². The third kappa shape index (κ3) is 10.3. The molecule has 2 amide bonds. The topological polar surface area (TPSA) is 163 Å². The Balaban J connectivity index is 1.53. The molecule has 16 heteroatoms. The molecule has 3 N–H and O–H groups in total. The Morgan fingerprint density at radius 2 is 1.88 bits per heavy atom. The summed E-state index contributed by atoms with van der Waals surface area (Å²) in [6, 6.07) is 4.44. The number of cyclic esters (lactones) is 1. The monoisotopic (exact) mass is 849 g/mol. The molecule has 4 bridgehead atoms. The number of esters is 1. The molecule has 326 valence electrons. The number of benzene rings is 1. The number of thiazole rings is 1. The highest BCUT2D eigenvalue weighted by Gasteiger charge is 2.33. The molecule has 1 saturated heterocycles. The second kappa shape index (κ2) is 18.5. The molecule has 0 radical (unpaired) electrons. The SMILES string of the molecule is CCn1c(-c2cc(N3CCOCC3)cnc2[C@H](C)OC)c2c3cc(c(F)cc31)-c1csc(n1)C[C@H](NC(=O)OC(C)(C)C)C(=O)N(N)CCC[C@H](C)C(=O)OCC(C)(C)C2. The van der Waals surface area contributed by atoms with E-state index in [0.717, 1.165) is 51.7 Å². The first kappa shape index (κ1) is 44.9. The zero-order valence-corrected chi connectivity index (χ0v) is 37.2. The average Bonchev–Trinajstić information content (AvgIpc) is 3.78. The number of morpholine rings is 1. The van der Waals surface area contributed by atoms with Crippen LogP contribution in [0.25, 0.3) is 33.4 Å². The molecule has 3 atom stereocenters. The lowest BCUT2D eigenvalue weighted by Gasteiger charge is -2.30. The van der Waals surface area contributed by atoms with E-state index in [1.807, 2.05) is 26.1 Å². The maximum absolute atomic E-state index is 16.6. The molecule has 4 aromatic rings.